The Balaban J connectivity index is 1.93. The monoisotopic (exact) mass is 359 g/mol. The van der Waals surface area contributed by atoms with Crippen LogP contribution in [-0.2, 0) is 7.05 Å². The number of ether oxygens (including phenoxy) is 1. The van der Waals surface area contributed by atoms with Crippen molar-refractivity contribution in [3.05, 3.63) is 76.1 Å². The lowest BCUT2D eigenvalue weighted by atomic mass is 10.1. The molecule has 0 radical (unpaired) electrons. The van der Waals surface area contributed by atoms with Crippen LogP contribution in [0.5, 0.6) is 5.75 Å². The summed E-state index contributed by atoms with van der Waals surface area (Å²) in [5, 5.41) is 13.5. The Morgan fingerprint density at radius 3 is 2.52 bits per heavy atom. The second-order valence-corrected chi connectivity index (χ2v) is 5.64. The van der Waals surface area contributed by atoms with Crippen LogP contribution in [0.2, 0.25) is 0 Å². The van der Waals surface area contributed by atoms with Crippen molar-refractivity contribution in [1.29, 1.82) is 5.26 Å². The van der Waals surface area contributed by atoms with Crippen LogP contribution in [0.25, 0.3) is 11.3 Å². The summed E-state index contributed by atoms with van der Waals surface area (Å²) in [6.45, 7) is 0. The number of benzene rings is 2. The molecule has 0 amide bonds. The van der Waals surface area contributed by atoms with E-state index in [0.717, 1.165) is 11.3 Å². The van der Waals surface area contributed by atoms with Crippen molar-refractivity contribution in [2.75, 3.05) is 12.5 Å². The molecule has 0 fully saturated rings. The molecule has 0 aliphatic rings. The van der Waals surface area contributed by atoms with E-state index in [1.165, 1.54) is 11.6 Å². The van der Waals surface area contributed by atoms with Crippen molar-refractivity contribution in [2.45, 2.75) is 0 Å². The molecule has 134 valence electrons. The number of rotatable bonds is 5. The van der Waals surface area contributed by atoms with Gasteiger partial charge in [-0.3, -0.25) is 9.36 Å². The highest BCUT2D eigenvalue weighted by Gasteiger charge is 2.15. The predicted molar refractivity (Wildman–Crippen MR) is 104 cm³/mol. The molecule has 0 bridgehead atoms. The lowest BCUT2D eigenvalue weighted by Crippen LogP contribution is -2.24. The van der Waals surface area contributed by atoms with E-state index >= 15 is 0 Å². The molecule has 0 aliphatic carbocycles. The zero-order valence-electron chi connectivity index (χ0n) is 14.9. The predicted octanol–water partition coefficient (Wildman–Crippen LogP) is 2.77. The third kappa shape index (κ3) is 3.85. The summed E-state index contributed by atoms with van der Waals surface area (Å²) in [6.07, 6.45) is 1.60. The van der Waals surface area contributed by atoms with Gasteiger partial charge in [-0.2, -0.15) is 10.4 Å². The molecular weight excluding hydrogens is 342 g/mol. The third-order valence-corrected chi connectivity index (χ3v) is 3.94. The summed E-state index contributed by atoms with van der Waals surface area (Å²) < 4.78 is 6.37. The molecule has 0 spiro atoms. The number of hydrazone groups is 1. The molecule has 1 aromatic heterocycles. The second-order valence-electron chi connectivity index (χ2n) is 5.64. The van der Waals surface area contributed by atoms with Crippen molar-refractivity contribution >= 4 is 12.2 Å². The molecule has 3 rings (SSSR count). The van der Waals surface area contributed by atoms with Gasteiger partial charge in [0.25, 0.3) is 5.56 Å². The van der Waals surface area contributed by atoms with E-state index in [-0.39, 0.29) is 11.5 Å². The number of nitriles is 1. The fourth-order valence-electron chi connectivity index (χ4n) is 2.46. The summed E-state index contributed by atoms with van der Waals surface area (Å²) in [6, 6.07) is 18.4. The number of methoxy groups -OCH3 is 1. The van der Waals surface area contributed by atoms with Gasteiger partial charge in [-0.1, -0.05) is 30.3 Å². The molecule has 0 atom stereocenters. The molecule has 2 aromatic carbocycles. The summed E-state index contributed by atoms with van der Waals surface area (Å²) in [4.78, 5) is 16.9. The lowest BCUT2D eigenvalue weighted by Gasteiger charge is -2.10. The van der Waals surface area contributed by atoms with Gasteiger partial charge in [0.1, 0.15) is 17.4 Å². The van der Waals surface area contributed by atoms with E-state index in [4.69, 9.17) is 4.74 Å². The average Bonchev–Trinajstić information content (AvgIpc) is 2.72. The van der Waals surface area contributed by atoms with E-state index in [1.807, 2.05) is 48.5 Å². The summed E-state index contributed by atoms with van der Waals surface area (Å²) in [5.41, 5.74) is 4.19. The molecule has 3 aromatic rings. The Morgan fingerprint density at radius 2 is 1.89 bits per heavy atom. The Morgan fingerprint density at radius 1 is 1.19 bits per heavy atom. The van der Waals surface area contributed by atoms with Gasteiger partial charge in [-0.05, 0) is 29.8 Å². The van der Waals surface area contributed by atoms with E-state index in [9.17, 15) is 10.1 Å². The standard InChI is InChI=1S/C20H17N5O2/c1-25-19(26)17(12-21)18(15-6-4-3-5-7-15)23-20(25)24-22-13-14-8-10-16(27-2)11-9-14/h3-11,13H,1-2H3,(H,23,24)/b22-13+. The van der Waals surface area contributed by atoms with E-state index in [2.05, 4.69) is 15.5 Å². The van der Waals surface area contributed by atoms with Crippen molar-refractivity contribution in [2.24, 2.45) is 12.1 Å². The van der Waals surface area contributed by atoms with Crippen LogP contribution in [0.4, 0.5) is 5.95 Å². The fraction of sp³-hybridized carbons (Fsp3) is 0.100. The Bertz CT molecular complexity index is 1060. The van der Waals surface area contributed by atoms with Gasteiger partial charge < -0.3 is 4.74 Å². The van der Waals surface area contributed by atoms with Crippen LogP contribution in [0.15, 0.2) is 64.5 Å². The maximum Gasteiger partial charge on any atom is 0.273 e. The average molecular weight is 359 g/mol. The minimum atomic E-state index is -0.437. The zero-order chi connectivity index (χ0) is 19.2. The number of hydrogen-bond acceptors (Lipinski definition) is 6. The largest absolute Gasteiger partial charge is 0.497 e. The fourth-order valence-corrected chi connectivity index (χ4v) is 2.46. The summed E-state index contributed by atoms with van der Waals surface area (Å²) in [5.74, 6) is 0.992. The van der Waals surface area contributed by atoms with Gasteiger partial charge in [-0.15, -0.1) is 0 Å². The van der Waals surface area contributed by atoms with Gasteiger partial charge in [-0.25, -0.2) is 10.4 Å². The van der Waals surface area contributed by atoms with Gasteiger partial charge >= 0.3 is 0 Å². The molecule has 27 heavy (non-hydrogen) atoms. The van der Waals surface area contributed by atoms with Crippen LogP contribution >= 0.6 is 0 Å². The lowest BCUT2D eigenvalue weighted by molar-refractivity contribution is 0.415. The SMILES string of the molecule is COc1ccc(/C=N/Nc2nc(-c3ccccc3)c(C#N)c(=O)n2C)cc1. The molecule has 0 saturated carbocycles. The number of nitrogens with zero attached hydrogens (tertiary/aromatic N) is 4. The zero-order valence-corrected chi connectivity index (χ0v) is 14.9. The van der Waals surface area contributed by atoms with Crippen molar-refractivity contribution < 1.29 is 4.74 Å². The normalized spacial score (nSPS) is 10.6. The first-order valence-corrected chi connectivity index (χ1v) is 8.13. The molecule has 1 heterocycles. The smallest absolute Gasteiger partial charge is 0.273 e. The number of nitrogens with one attached hydrogen (secondary N) is 1. The Kier molecular flexibility index (Phi) is 5.28. The second kappa shape index (κ2) is 7.97. The van der Waals surface area contributed by atoms with Crippen LogP contribution in [0, 0.1) is 11.3 Å². The minimum Gasteiger partial charge on any atom is -0.497 e. The molecule has 0 saturated heterocycles. The highest BCUT2D eigenvalue weighted by Crippen LogP contribution is 2.20. The van der Waals surface area contributed by atoms with Gasteiger partial charge in [0.2, 0.25) is 5.95 Å². The van der Waals surface area contributed by atoms with Gasteiger partial charge in [0, 0.05) is 12.6 Å². The number of anilines is 1. The maximum absolute atomic E-state index is 12.5. The molecule has 7 nitrogen and oxygen atoms in total. The minimum absolute atomic E-state index is 0.00613. The van der Waals surface area contributed by atoms with Crippen LogP contribution in [0.1, 0.15) is 11.1 Å². The number of aromatic nitrogens is 2. The Labute approximate surface area is 156 Å². The van der Waals surface area contributed by atoms with Crippen molar-refractivity contribution in [1.82, 2.24) is 9.55 Å². The molecule has 0 aliphatic heterocycles. The molecule has 7 heteroatoms. The van der Waals surface area contributed by atoms with Crippen LogP contribution < -0.4 is 15.7 Å². The third-order valence-electron chi connectivity index (χ3n) is 3.94. The summed E-state index contributed by atoms with van der Waals surface area (Å²) in [7, 11) is 3.14. The van der Waals surface area contributed by atoms with E-state index < -0.39 is 5.56 Å². The summed E-state index contributed by atoms with van der Waals surface area (Å²) >= 11 is 0. The topological polar surface area (TPSA) is 92.3 Å². The van der Waals surface area contributed by atoms with Crippen LogP contribution in [0.3, 0.4) is 0 Å². The maximum atomic E-state index is 12.5. The Hall–Kier alpha value is -3.92. The first kappa shape index (κ1) is 17.9. The van der Waals surface area contributed by atoms with E-state index in [0.29, 0.717) is 11.3 Å². The first-order chi connectivity index (χ1) is 13.1. The van der Waals surface area contributed by atoms with Crippen molar-refractivity contribution in [3.63, 3.8) is 0 Å². The highest BCUT2D eigenvalue weighted by atomic mass is 16.5. The molecular formula is C20H17N5O2. The quantitative estimate of drug-likeness (QED) is 0.559. The number of hydrogen-bond donors (Lipinski definition) is 1. The van der Waals surface area contributed by atoms with Gasteiger partial charge in [0.05, 0.1) is 19.0 Å². The molecule has 0 unspecified atom stereocenters. The van der Waals surface area contributed by atoms with Crippen molar-refractivity contribution in [3.8, 4) is 23.1 Å². The van der Waals surface area contributed by atoms with Gasteiger partial charge in [0.15, 0.2) is 0 Å². The van der Waals surface area contributed by atoms with Crippen LogP contribution in [-0.4, -0.2) is 22.9 Å². The highest BCUT2D eigenvalue weighted by molar-refractivity contribution is 5.80. The molecule has 1 N–H and O–H groups in total. The van der Waals surface area contributed by atoms with E-state index in [1.54, 1.807) is 25.5 Å². The first-order valence-electron chi connectivity index (χ1n) is 8.13.